The Balaban J connectivity index is 1.88. The molecule has 3 nitrogen and oxygen atoms in total. The summed E-state index contributed by atoms with van der Waals surface area (Å²) in [7, 11) is 0. The van der Waals surface area contributed by atoms with Crippen LogP contribution < -0.4 is 10.6 Å². The summed E-state index contributed by atoms with van der Waals surface area (Å²) in [6.07, 6.45) is 2.04. The Morgan fingerprint density at radius 3 is 2.82 bits per heavy atom. The molecule has 1 aromatic carbocycles. The Morgan fingerprint density at radius 2 is 2.12 bits per heavy atom. The minimum absolute atomic E-state index is 0.102. The Kier molecular flexibility index (Phi) is 2.51. The number of fused-ring (bicyclic) bond motifs is 1. The van der Waals surface area contributed by atoms with Crippen molar-refractivity contribution < 1.29 is 5.11 Å². The molecule has 0 aromatic heterocycles. The Labute approximate surface area is 102 Å². The molecular formula is C14H20N2O. The molecule has 3 unspecified atom stereocenters. The predicted molar refractivity (Wildman–Crippen MR) is 70.0 cm³/mol. The van der Waals surface area contributed by atoms with Gasteiger partial charge in [0.2, 0.25) is 0 Å². The summed E-state index contributed by atoms with van der Waals surface area (Å²) in [6.45, 7) is 4.12. The fourth-order valence-corrected chi connectivity index (χ4v) is 3.53. The fourth-order valence-electron chi connectivity index (χ4n) is 3.53. The monoisotopic (exact) mass is 232 g/mol. The van der Waals surface area contributed by atoms with Gasteiger partial charge >= 0.3 is 0 Å². The van der Waals surface area contributed by atoms with Gasteiger partial charge in [-0.2, -0.15) is 0 Å². The van der Waals surface area contributed by atoms with Gasteiger partial charge in [0, 0.05) is 19.0 Å². The topological polar surface area (TPSA) is 49.5 Å². The summed E-state index contributed by atoms with van der Waals surface area (Å²) in [5.41, 5.74) is 9.35. The maximum atomic E-state index is 9.94. The van der Waals surface area contributed by atoms with Crippen LogP contribution in [0.1, 0.15) is 18.4 Å². The molecule has 1 saturated heterocycles. The van der Waals surface area contributed by atoms with Crippen LogP contribution in [0.2, 0.25) is 0 Å². The summed E-state index contributed by atoms with van der Waals surface area (Å²) >= 11 is 0. The van der Waals surface area contributed by atoms with Crippen molar-refractivity contribution in [3.05, 3.63) is 23.8 Å². The quantitative estimate of drug-likeness (QED) is 0.726. The third-order valence-corrected chi connectivity index (χ3v) is 4.40. The molecule has 0 radical (unpaired) electrons. The number of benzene rings is 1. The number of anilines is 2. The molecule has 92 valence electrons. The lowest BCUT2D eigenvalue weighted by Crippen LogP contribution is -2.25. The second-order valence-corrected chi connectivity index (χ2v) is 5.49. The summed E-state index contributed by atoms with van der Waals surface area (Å²) in [4.78, 5) is 2.36. The Morgan fingerprint density at radius 1 is 1.29 bits per heavy atom. The van der Waals surface area contributed by atoms with Crippen LogP contribution in [0.5, 0.6) is 0 Å². The van der Waals surface area contributed by atoms with E-state index in [0.717, 1.165) is 31.6 Å². The normalized spacial score (nSPS) is 31.9. The van der Waals surface area contributed by atoms with Crippen molar-refractivity contribution in [1.82, 2.24) is 0 Å². The van der Waals surface area contributed by atoms with Crippen molar-refractivity contribution in [3.8, 4) is 0 Å². The van der Waals surface area contributed by atoms with E-state index >= 15 is 0 Å². The van der Waals surface area contributed by atoms with Gasteiger partial charge in [0.25, 0.3) is 0 Å². The molecule has 1 aliphatic carbocycles. The van der Waals surface area contributed by atoms with Gasteiger partial charge in [0.05, 0.1) is 17.5 Å². The molecule has 1 aliphatic heterocycles. The summed E-state index contributed by atoms with van der Waals surface area (Å²) < 4.78 is 0. The molecule has 0 amide bonds. The zero-order chi connectivity index (χ0) is 12.0. The van der Waals surface area contributed by atoms with Gasteiger partial charge in [-0.15, -0.1) is 0 Å². The number of aliphatic hydroxyl groups is 1. The summed E-state index contributed by atoms with van der Waals surface area (Å²) in [5.74, 6) is 1.11. The molecule has 3 rings (SSSR count). The first kappa shape index (κ1) is 10.9. The van der Waals surface area contributed by atoms with Crippen LogP contribution in [-0.4, -0.2) is 24.3 Å². The first-order valence-electron chi connectivity index (χ1n) is 6.45. The number of hydrogen-bond acceptors (Lipinski definition) is 3. The van der Waals surface area contributed by atoms with Gasteiger partial charge in [-0.25, -0.2) is 0 Å². The number of aliphatic hydroxyl groups excluding tert-OH is 1. The van der Waals surface area contributed by atoms with Crippen molar-refractivity contribution in [2.45, 2.75) is 25.9 Å². The number of nitrogen functional groups attached to an aromatic ring is 1. The van der Waals surface area contributed by atoms with E-state index in [1.165, 1.54) is 11.3 Å². The van der Waals surface area contributed by atoms with Gasteiger partial charge < -0.3 is 15.7 Å². The SMILES string of the molecule is Cc1cccc(N)c1N1CC2CCC(O)C2C1. The highest BCUT2D eigenvalue weighted by atomic mass is 16.3. The van der Waals surface area contributed by atoms with Gasteiger partial charge in [-0.1, -0.05) is 12.1 Å². The largest absolute Gasteiger partial charge is 0.397 e. The van der Waals surface area contributed by atoms with E-state index in [1.807, 2.05) is 12.1 Å². The number of nitrogens with two attached hydrogens (primary N) is 1. The third kappa shape index (κ3) is 1.69. The number of aryl methyl sites for hydroxylation is 1. The van der Waals surface area contributed by atoms with Crippen LogP contribution in [0.15, 0.2) is 18.2 Å². The number of para-hydroxylation sites is 1. The van der Waals surface area contributed by atoms with Crippen LogP contribution in [0.4, 0.5) is 11.4 Å². The molecule has 0 bridgehead atoms. The van der Waals surface area contributed by atoms with E-state index < -0.39 is 0 Å². The second-order valence-electron chi connectivity index (χ2n) is 5.49. The molecule has 1 saturated carbocycles. The van der Waals surface area contributed by atoms with Gasteiger partial charge in [0.15, 0.2) is 0 Å². The van der Waals surface area contributed by atoms with Crippen LogP contribution in [0.25, 0.3) is 0 Å². The van der Waals surface area contributed by atoms with Crippen LogP contribution in [0, 0.1) is 18.8 Å². The molecule has 1 aromatic rings. The lowest BCUT2D eigenvalue weighted by molar-refractivity contribution is 0.133. The number of rotatable bonds is 1. The molecule has 3 N–H and O–H groups in total. The van der Waals surface area contributed by atoms with Crippen molar-refractivity contribution in [3.63, 3.8) is 0 Å². The van der Waals surface area contributed by atoms with E-state index in [1.54, 1.807) is 0 Å². The van der Waals surface area contributed by atoms with E-state index in [4.69, 9.17) is 5.73 Å². The molecule has 17 heavy (non-hydrogen) atoms. The van der Waals surface area contributed by atoms with Crippen LogP contribution in [0.3, 0.4) is 0 Å². The molecule has 2 aliphatic rings. The van der Waals surface area contributed by atoms with E-state index in [2.05, 4.69) is 17.9 Å². The maximum Gasteiger partial charge on any atom is 0.0629 e. The number of nitrogens with zero attached hydrogens (tertiary/aromatic N) is 1. The van der Waals surface area contributed by atoms with Gasteiger partial charge in [0.1, 0.15) is 0 Å². The second kappa shape index (κ2) is 3.91. The van der Waals surface area contributed by atoms with Crippen molar-refractivity contribution in [2.75, 3.05) is 23.7 Å². The lowest BCUT2D eigenvalue weighted by atomic mass is 10.00. The first-order valence-corrected chi connectivity index (χ1v) is 6.45. The fraction of sp³-hybridized carbons (Fsp3) is 0.571. The van der Waals surface area contributed by atoms with E-state index in [-0.39, 0.29) is 6.10 Å². The molecule has 1 heterocycles. The molecule has 0 spiro atoms. The molecule has 2 fully saturated rings. The molecule has 3 atom stereocenters. The van der Waals surface area contributed by atoms with Gasteiger partial charge in [-0.3, -0.25) is 0 Å². The summed E-state index contributed by atoms with van der Waals surface area (Å²) in [6, 6.07) is 6.07. The minimum Gasteiger partial charge on any atom is -0.397 e. The highest BCUT2D eigenvalue weighted by Gasteiger charge is 2.42. The van der Waals surface area contributed by atoms with Crippen molar-refractivity contribution in [1.29, 1.82) is 0 Å². The smallest absolute Gasteiger partial charge is 0.0629 e. The van der Waals surface area contributed by atoms with E-state index in [9.17, 15) is 5.11 Å². The highest BCUT2D eigenvalue weighted by molar-refractivity contribution is 5.71. The van der Waals surface area contributed by atoms with Crippen molar-refractivity contribution in [2.24, 2.45) is 11.8 Å². The molecule has 3 heteroatoms. The summed E-state index contributed by atoms with van der Waals surface area (Å²) in [5, 5.41) is 9.94. The highest BCUT2D eigenvalue weighted by Crippen LogP contribution is 2.41. The molecular weight excluding hydrogens is 212 g/mol. The van der Waals surface area contributed by atoms with Crippen molar-refractivity contribution >= 4 is 11.4 Å². The average molecular weight is 232 g/mol. The zero-order valence-corrected chi connectivity index (χ0v) is 10.3. The third-order valence-electron chi connectivity index (χ3n) is 4.40. The lowest BCUT2D eigenvalue weighted by Gasteiger charge is -2.24. The Hall–Kier alpha value is -1.22. The average Bonchev–Trinajstić information content (AvgIpc) is 2.82. The van der Waals surface area contributed by atoms with E-state index in [0.29, 0.717) is 11.8 Å². The minimum atomic E-state index is -0.102. The Bertz CT molecular complexity index is 412. The zero-order valence-electron chi connectivity index (χ0n) is 10.3. The number of hydrogen-bond donors (Lipinski definition) is 2. The van der Waals surface area contributed by atoms with Gasteiger partial charge in [-0.05, 0) is 37.3 Å². The van der Waals surface area contributed by atoms with Crippen LogP contribution in [-0.2, 0) is 0 Å². The predicted octanol–water partition coefficient (Wildman–Crippen LogP) is 1.78. The van der Waals surface area contributed by atoms with Crippen LogP contribution >= 0.6 is 0 Å². The first-order chi connectivity index (χ1) is 8.16. The maximum absolute atomic E-state index is 9.94. The standard InChI is InChI=1S/C14H20N2O/c1-9-3-2-4-12(15)14(9)16-7-10-5-6-13(17)11(10)8-16/h2-4,10-11,13,17H,5-8,15H2,1H3.